The first-order valence-electron chi connectivity index (χ1n) is 8.93. The minimum absolute atomic E-state index is 0.246. The molecule has 0 saturated carbocycles. The van der Waals surface area contributed by atoms with Gasteiger partial charge >= 0.3 is 12.3 Å². The molecule has 160 valence electrons. The molecule has 10 heteroatoms. The van der Waals surface area contributed by atoms with Crippen molar-refractivity contribution in [1.29, 1.82) is 0 Å². The van der Waals surface area contributed by atoms with E-state index < -0.39 is 23.4 Å². The third-order valence-corrected chi connectivity index (χ3v) is 4.53. The number of para-hydroxylation sites is 1. The number of carbonyl (C=O) groups excluding carboxylic acids is 1. The number of aromatic nitrogens is 3. The van der Waals surface area contributed by atoms with E-state index in [2.05, 4.69) is 25.9 Å². The number of nitrogens with zero attached hydrogens (tertiary/aromatic N) is 3. The Balaban J connectivity index is 2.00. The van der Waals surface area contributed by atoms with Crippen LogP contribution in [0.4, 0.5) is 18.0 Å². The molecule has 0 bridgehead atoms. The number of hydrogen-bond donors (Lipinski definition) is 0. The van der Waals surface area contributed by atoms with Crippen LogP contribution < -0.4 is 4.74 Å². The third-order valence-electron chi connectivity index (χ3n) is 3.93. The summed E-state index contributed by atoms with van der Waals surface area (Å²) < 4.78 is 52.2. The summed E-state index contributed by atoms with van der Waals surface area (Å²) >= 11 is 3.37. The van der Waals surface area contributed by atoms with Gasteiger partial charge in [0.15, 0.2) is 5.65 Å². The van der Waals surface area contributed by atoms with E-state index in [1.165, 1.54) is 29.0 Å². The Morgan fingerprint density at radius 2 is 1.83 bits per heavy atom. The third kappa shape index (κ3) is 4.75. The normalized spacial score (nSPS) is 12.3. The Labute approximate surface area is 179 Å². The van der Waals surface area contributed by atoms with Crippen LogP contribution in [0, 0.1) is 6.92 Å². The molecule has 0 aliphatic carbocycles. The van der Waals surface area contributed by atoms with Crippen molar-refractivity contribution in [1.82, 2.24) is 14.5 Å². The Hall–Kier alpha value is -2.62. The average molecular weight is 486 g/mol. The van der Waals surface area contributed by atoms with Crippen LogP contribution in [0.5, 0.6) is 5.75 Å². The van der Waals surface area contributed by atoms with Gasteiger partial charge in [-0.25, -0.2) is 19.3 Å². The lowest BCUT2D eigenvalue weighted by Gasteiger charge is -2.19. The summed E-state index contributed by atoms with van der Waals surface area (Å²) in [5.74, 6) is 0.0257. The number of fused-ring (bicyclic) bond motifs is 1. The number of halogens is 4. The lowest BCUT2D eigenvalue weighted by Crippen LogP contribution is -2.27. The molecule has 0 saturated heterocycles. The van der Waals surface area contributed by atoms with Crippen LogP contribution in [0.3, 0.4) is 0 Å². The molecule has 0 radical (unpaired) electrons. The highest BCUT2D eigenvalue weighted by molar-refractivity contribution is 9.10. The minimum atomic E-state index is -4.55. The molecule has 0 amide bonds. The maximum absolute atomic E-state index is 13.2. The van der Waals surface area contributed by atoms with E-state index in [4.69, 9.17) is 9.47 Å². The zero-order chi connectivity index (χ0) is 22.3. The number of carbonyl (C=O) groups is 1. The number of rotatable bonds is 3. The van der Waals surface area contributed by atoms with Gasteiger partial charge in [-0.2, -0.15) is 13.2 Å². The Kier molecular flexibility index (Phi) is 5.81. The minimum Gasteiger partial charge on any atom is -0.487 e. The van der Waals surface area contributed by atoms with Crippen molar-refractivity contribution in [3.05, 3.63) is 52.0 Å². The molecule has 3 rings (SSSR count). The fraction of sp³-hybridized carbons (Fsp3) is 0.350. The summed E-state index contributed by atoms with van der Waals surface area (Å²) in [5, 5.41) is 0.455. The number of ether oxygens (including phenoxy) is 2. The predicted molar refractivity (Wildman–Crippen MR) is 107 cm³/mol. The van der Waals surface area contributed by atoms with E-state index >= 15 is 0 Å². The molecule has 0 spiro atoms. The van der Waals surface area contributed by atoms with Gasteiger partial charge in [-0.1, -0.05) is 12.1 Å². The first kappa shape index (κ1) is 22.1. The standard InChI is InChI=1S/C20H19BrF3N3O3/c1-11-25-14(10-29-15-8-6-5-7-12(15)20(22,23)24)16-13(21)9-27(17(16)26-11)18(28)30-19(2,3)4/h5-9H,10H2,1-4H3. The summed E-state index contributed by atoms with van der Waals surface area (Å²) in [6, 6.07) is 4.95. The molecule has 2 aromatic heterocycles. The van der Waals surface area contributed by atoms with Crippen LogP contribution >= 0.6 is 15.9 Å². The predicted octanol–water partition coefficient (Wildman–Crippen LogP) is 5.88. The van der Waals surface area contributed by atoms with Crippen molar-refractivity contribution in [3.8, 4) is 5.75 Å². The molecule has 2 heterocycles. The van der Waals surface area contributed by atoms with E-state index in [9.17, 15) is 18.0 Å². The average Bonchev–Trinajstić information content (AvgIpc) is 2.94. The molecule has 0 atom stereocenters. The second kappa shape index (κ2) is 7.90. The van der Waals surface area contributed by atoms with Crippen molar-refractivity contribution >= 4 is 33.1 Å². The van der Waals surface area contributed by atoms with E-state index in [0.29, 0.717) is 21.4 Å². The second-order valence-corrected chi connectivity index (χ2v) is 8.38. The maximum atomic E-state index is 13.2. The highest BCUT2D eigenvalue weighted by Crippen LogP contribution is 2.36. The van der Waals surface area contributed by atoms with E-state index in [1.54, 1.807) is 27.7 Å². The number of alkyl halides is 3. The van der Waals surface area contributed by atoms with Gasteiger partial charge in [0, 0.05) is 10.7 Å². The zero-order valence-corrected chi connectivity index (χ0v) is 18.3. The Morgan fingerprint density at radius 3 is 2.47 bits per heavy atom. The van der Waals surface area contributed by atoms with Crippen LogP contribution in [0.25, 0.3) is 11.0 Å². The second-order valence-electron chi connectivity index (χ2n) is 7.53. The van der Waals surface area contributed by atoms with Gasteiger partial charge in [-0.15, -0.1) is 0 Å². The van der Waals surface area contributed by atoms with Crippen LogP contribution in [0.15, 0.2) is 34.9 Å². The molecule has 6 nitrogen and oxygen atoms in total. The molecule has 0 fully saturated rings. The van der Waals surface area contributed by atoms with Gasteiger partial charge in [0.2, 0.25) is 0 Å². The monoisotopic (exact) mass is 485 g/mol. The molecule has 0 aliphatic rings. The highest BCUT2D eigenvalue weighted by Gasteiger charge is 2.34. The first-order valence-corrected chi connectivity index (χ1v) is 9.72. The number of hydrogen-bond acceptors (Lipinski definition) is 5. The van der Waals surface area contributed by atoms with Crippen LogP contribution in [0.2, 0.25) is 0 Å². The molecule has 0 unspecified atom stereocenters. The maximum Gasteiger partial charge on any atom is 0.420 e. The Bertz CT molecular complexity index is 1100. The van der Waals surface area contributed by atoms with Gasteiger partial charge < -0.3 is 9.47 Å². The fourth-order valence-corrected chi connectivity index (χ4v) is 3.41. The topological polar surface area (TPSA) is 66.2 Å². The largest absolute Gasteiger partial charge is 0.487 e. The smallest absolute Gasteiger partial charge is 0.420 e. The van der Waals surface area contributed by atoms with Gasteiger partial charge in [-0.05, 0) is 55.8 Å². The fourth-order valence-electron chi connectivity index (χ4n) is 2.80. The van der Waals surface area contributed by atoms with Gasteiger partial charge in [-0.3, -0.25) is 0 Å². The molecule has 0 N–H and O–H groups in total. The summed E-state index contributed by atoms with van der Waals surface area (Å²) in [4.78, 5) is 21.2. The SMILES string of the molecule is Cc1nc(COc2ccccc2C(F)(F)F)c2c(Br)cn(C(=O)OC(C)(C)C)c2n1. The lowest BCUT2D eigenvalue weighted by molar-refractivity contribution is -0.139. The van der Waals surface area contributed by atoms with E-state index in [1.807, 2.05) is 0 Å². The molecular formula is C20H19BrF3N3O3. The molecule has 1 aromatic carbocycles. The molecule has 3 aromatic rings. The molecular weight excluding hydrogens is 467 g/mol. The molecule has 0 aliphatic heterocycles. The summed E-state index contributed by atoms with van der Waals surface area (Å²) in [5.41, 5.74) is -0.984. The van der Waals surface area contributed by atoms with Crippen LogP contribution in [-0.2, 0) is 17.5 Å². The number of aryl methyl sites for hydroxylation is 1. The molecule has 30 heavy (non-hydrogen) atoms. The van der Waals surface area contributed by atoms with Crippen molar-refractivity contribution in [3.63, 3.8) is 0 Å². The van der Waals surface area contributed by atoms with E-state index in [-0.39, 0.29) is 18.0 Å². The summed E-state index contributed by atoms with van der Waals surface area (Å²) in [6.45, 7) is 6.59. The van der Waals surface area contributed by atoms with Crippen molar-refractivity contribution in [2.75, 3.05) is 0 Å². The van der Waals surface area contributed by atoms with Crippen molar-refractivity contribution in [2.45, 2.75) is 46.1 Å². The van der Waals surface area contributed by atoms with Crippen LogP contribution in [-0.4, -0.2) is 26.2 Å². The summed E-state index contributed by atoms with van der Waals surface area (Å²) in [7, 11) is 0. The van der Waals surface area contributed by atoms with Gasteiger partial charge in [0.05, 0.1) is 16.6 Å². The highest BCUT2D eigenvalue weighted by atomic mass is 79.9. The van der Waals surface area contributed by atoms with Gasteiger partial charge in [0.1, 0.15) is 23.8 Å². The number of benzene rings is 1. The van der Waals surface area contributed by atoms with Crippen LogP contribution in [0.1, 0.15) is 37.9 Å². The Morgan fingerprint density at radius 1 is 1.17 bits per heavy atom. The quantitative estimate of drug-likeness (QED) is 0.463. The van der Waals surface area contributed by atoms with Crippen molar-refractivity contribution in [2.24, 2.45) is 0 Å². The van der Waals surface area contributed by atoms with Crippen molar-refractivity contribution < 1.29 is 27.4 Å². The lowest BCUT2D eigenvalue weighted by atomic mass is 10.2. The van der Waals surface area contributed by atoms with Gasteiger partial charge in [0.25, 0.3) is 0 Å². The zero-order valence-electron chi connectivity index (χ0n) is 16.7. The first-order chi connectivity index (χ1) is 13.9. The van der Waals surface area contributed by atoms with E-state index in [0.717, 1.165) is 6.07 Å². The summed E-state index contributed by atoms with van der Waals surface area (Å²) in [6.07, 6.45) is -3.70.